The number of piperidine rings is 1. The summed E-state index contributed by atoms with van der Waals surface area (Å²) in [5.74, 6) is -0.105. The second-order valence-corrected chi connectivity index (χ2v) is 6.12. The van der Waals surface area contributed by atoms with Gasteiger partial charge < -0.3 is 14.9 Å². The molecule has 2 fully saturated rings. The van der Waals surface area contributed by atoms with Crippen molar-refractivity contribution in [3.63, 3.8) is 0 Å². The van der Waals surface area contributed by atoms with Crippen LogP contribution in [-0.4, -0.2) is 77.6 Å². The van der Waals surface area contributed by atoms with Gasteiger partial charge in [-0.05, 0) is 18.8 Å². The summed E-state index contributed by atoms with van der Waals surface area (Å²) < 4.78 is 0. The third-order valence-corrected chi connectivity index (χ3v) is 4.65. The van der Waals surface area contributed by atoms with Crippen LogP contribution in [0.15, 0.2) is 0 Å². The van der Waals surface area contributed by atoms with E-state index in [-0.39, 0.29) is 12.5 Å². The number of likely N-dealkylation sites (tertiary alicyclic amines) is 1. The van der Waals surface area contributed by atoms with Crippen molar-refractivity contribution in [2.24, 2.45) is 5.92 Å². The Morgan fingerprint density at radius 3 is 2.43 bits per heavy atom. The summed E-state index contributed by atoms with van der Waals surface area (Å²) in [6, 6.07) is 0.172. The number of amides is 2. The number of carboxylic acids is 1. The molecular formula is C15H27N3O3. The molecule has 0 aliphatic carbocycles. The van der Waals surface area contributed by atoms with Crippen LogP contribution in [0, 0.1) is 5.92 Å². The van der Waals surface area contributed by atoms with E-state index >= 15 is 0 Å². The first kappa shape index (κ1) is 16.1. The van der Waals surface area contributed by atoms with Crippen LogP contribution in [0.5, 0.6) is 0 Å². The van der Waals surface area contributed by atoms with Gasteiger partial charge in [0, 0.05) is 45.8 Å². The van der Waals surface area contributed by atoms with E-state index in [4.69, 9.17) is 5.11 Å². The first-order valence-electron chi connectivity index (χ1n) is 8.08. The van der Waals surface area contributed by atoms with Gasteiger partial charge in [-0.2, -0.15) is 0 Å². The molecule has 2 heterocycles. The molecule has 0 bridgehead atoms. The summed E-state index contributed by atoms with van der Waals surface area (Å²) >= 11 is 0. The minimum Gasteiger partial charge on any atom is -0.481 e. The Bertz CT molecular complexity index is 367. The van der Waals surface area contributed by atoms with Crippen molar-refractivity contribution in [3.05, 3.63) is 0 Å². The van der Waals surface area contributed by atoms with Gasteiger partial charge in [-0.3, -0.25) is 9.69 Å². The molecule has 0 aromatic rings. The van der Waals surface area contributed by atoms with Crippen molar-refractivity contribution in [1.82, 2.24) is 14.7 Å². The third-order valence-electron chi connectivity index (χ3n) is 4.65. The number of carbonyl (C=O) groups excluding carboxylic acids is 1. The first-order valence-corrected chi connectivity index (χ1v) is 8.08. The number of urea groups is 1. The highest BCUT2D eigenvalue weighted by atomic mass is 16.4. The second-order valence-electron chi connectivity index (χ2n) is 6.12. The molecule has 0 aromatic carbocycles. The van der Waals surface area contributed by atoms with Crippen LogP contribution < -0.4 is 0 Å². The predicted molar refractivity (Wildman–Crippen MR) is 80.2 cm³/mol. The van der Waals surface area contributed by atoms with E-state index in [1.165, 1.54) is 6.42 Å². The molecule has 0 aromatic heterocycles. The van der Waals surface area contributed by atoms with E-state index in [9.17, 15) is 9.59 Å². The molecule has 6 nitrogen and oxygen atoms in total. The highest BCUT2D eigenvalue weighted by Gasteiger charge is 2.28. The fourth-order valence-corrected chi connectivity index (χ4v) is 3.19. The summed E-state index contributed by atoms with van der Waals surface area (Å²) in [7, 11) is 0. The van der Waals surface area contributed by atoms with Gasteiger partial charge in [0.25, 0.3) is 0 Å². The van der Waals surface area contributed by atoms with Crippen molar-refractivity contribution in [2.75, 3.05) is 45.8 Å². The van der Waals surface area contributed by atoms with Crippen molar-refractivity contribution in [1.29, 1.82) is 0 Å². The monoisotopic (exact) mass is 297 g/mol. The zero-order valence-electron chi connectivity index (χ0n) is 13.0. The van der Waals surface area contributed by atoms with Crippen LogP contribution in [0.4, 0.5) is 4.79 Å². The SMILES string of the molecule is CCC1CCCN(C(=O)N2CCN(CCC(=O)O)CC2)C1. The number of hydrogen-bond donors (Lipinski definition) is 1. The molecule has 21 heavy (non-hydrogen) atoms. The Morgan fingerprint density at radius 2 is 1.81 bits per heavy atom. The predicted octanol–water partition coefficient (Wildman–Crippen LogP) is 1.32. The summed E-state index contributed by atoms with van der Waals surface area (Å²) in [5, 5.41) is 8.70. The van der Waals surface area contributed by atoms with E-state index in [2.05, 4.69) is 11.8 Å². The van der Waals surface area contributed by atoms with Crippen molar-refractivity contribution >= 4 is 12.0 Å². The molecule has 1 N–H and O–H groups in total. The topological polar surface area (TPSA) is 64.1 Å². The van der Waals surface area contributed by atoms with E-state index in [0.717, 1.165) is 39.0 Å². The maximum Gasteiger partial charge on any atom is 0.320 e. The van der Waals surface area contributed by atoms with Crippen molar-refractivity contribution in [2.45, 2.75) is 32.6 Å². The molecular weight excluding hydrogens is 270 g/mol. The number of hydrogen-bond acceptors (Lipinski definition) is 3. The quantitative estimate of drug-likeness (QED) is 0.850. The lowest BCUT2D eigenvalue weighted by atomic mass is 9.96. The minimum atomic E-state index is -0.757. The van der Waals surface area contributed by atoms with Crippen LogP contribution in [0.3, 0.4) is 0 Å². The zero-order valence-corrected chi connectivity index (χ0v) is 13.0. The maximum atomic E-state index is 12.5. The van der Waals surface area contributed by atoms with Gasteiger partial charge in [0.15, 0.2) is 0 Å². The number of aliphatic carboxylic acids is 1. The van der Waals surface area contributed by atoms with E-state index in [0.29, 0.717) is 25.6 Å². The Hall–Kier alpha value is -1.30. The van der Waals surface area contributed by atoms with E-state index in [1.54, 1.807) is 0 Å². The Morgan fingerprint density at radius 1 is 1.10 bits per heavy atom. The van der Waals surface area contributed by atoms with Crippen LogP contribution in [-0.2, 0) is 4.79 Å². The van der Waals surface area contributed by atoms with Crippen LogP contribution >= 0.6 is 0 Å². The molecule has 2 saturated heterocycles. The summed E-state index contributed by atoms with van der Waals surface area (Å²) in [5.41, 5.74) is 0. The Kier molecular flexibility index (Phi) is 5.85. The Labute approximate surface area is 126 Å². The summed E-state index contributed by atoms with van der Waals surface area (Å²) in [4.78, 5) is 29.2. The first-order chi connectivity index (χ1) is 10.1. The molecule has 120 valence electrons. The van der Waals surface area contributed by atoms with Gasteiger partial charge in [0.05, 0.1) is 6.42 Å². The average molecular weight is 297 g/mol. The summed E-state index contributed by atoms with van der Waals surface area (Å²) in [6.45, 7) is 7.55. The van der Waals surface area contributed by atoms with Gasteiger partial charge in [0.1, 0.15) is 0 Å². The maximum absolute atomic E-state index is 12.5. The lowest BCUT2D eigenvalue weighted by Gasteiger charge is -2.40. The standard InChI is InChI=1S/C15H27N3O3/c1-2-13-4-3-6-18(12-13)15(21)17-10-8-16(9-11-17)7-5-14(19)20/h13H,2-12H2,1H3,(H,19,20). The number of piperazine rings is 1. The van der Waals surface area contributed by atoms with Gasteiger partial charge in [-0.25, -0.2) is 4.79 Å². The lowest BCUT2D eigenvalue weighted by molar-refractivity contribution is -0.137. The normalized spacial score (nSPS) is 24.1. The molecule has 2 aliphatic heterocycles. The lowest BCUT2D eigenvalue weighted by Crippen LogP contribution is -2.54. The number of carboxylic acid groups (broad SMARTS) is 1. The fourth-order valence-electron chi connectivity index (χ4n) is 3.19. The molecule has 1 atom stereocenters. The van der Waals surface area contributed by atoms with Crippen molar-refractivity contribution < 1.29 is 14.7 Å². The molecule has 6 heteroatoms. The molecule has 0 radical (unpaired) electrons. The van der Waals surface area contributed by atoms with Gasteiger partial charge in [-0.1, -0.05) is 13.3 Å². The van der Waals surface area contributed by atoms with E-state index < -0.39 is 5.97 Å². The zero-order chi connectivity index (χ0) is 15.2. The number of carbonyl (C=O) groups is 2. The number of nitrogens with zero attached hydrogens (tertiary/aromatic N) is 3. The molecule has 0 saturated carbocycles. The van der Waals surface area contributed by atoms with Gasteiger partial charge >= 0.3 is 12.0 Å². The van der Waals surface area contributed by atoms with E-state index in [1.807, 2.05) is 9.80 Å². The highest BCUT2D eigenvalue weighted by molar-refractivity contribution is 5.74. The van der Waals surface area contributed by atoms with Gasteiger partial charge in [0.2, 0.25) is 0 Å². The van der Waals surface area contributed by atoms with Crippen LogP contribution in [0.25, 0.3) is 0 Å². The second kappa shape index (κ2) is 7.64. The van der Waals surface area contributed by atoms with Crippen LogP contribution in [0.1, 0.15) is 32.6 Å². The number of rotatable bonds is 4. The van der Waals surface area contributed by atoms with Crippen molar-refractivity contribution in [3.8, 4) is 0 Å². The highest BCUT2D eigenvalue weighted by Crippen LogP contribution is 2.20. The summed E-state index contributed by atoms with van der Waals surface area (Å²) in [6.07, 6.45) is 3.68. The fraction of sp³-hybridized carbons (Fsp3) is 0.867. The molecule has 1 unspecified atom stereocenters. The Balaban J connectivity index is 1.76. The molecule has 2 rings (SSSR count). The van der Waals surface area contributed by atoms with Gasteiger partial charge in [-0.15, -0.1) is 0 Å². The molecule has 0 spiro atoms. The third kappa shape index (κ3) is 4.59. The van der Waals surface area contributed by atoms with Crippen LogP contribution in [0.2, 0.25) is 0 Å². The minimum absolute atomic E-state index is 0.172. The largest absolute Gasteiger partial charge is 0.481 e. The molecule has 2 aliphatic rings. The average Bonchev–Trinajstić information content (AvgIpc) is 2.52. The smallest absolute Gasteiger partial charge is 0.320 e. The molecule has 2 amide bonds.